The summed E-state index contributed by atoms with van der Waals surface area (Å²) in [6, 6.07) is 3.78. The number of nitrogens with zero attached hydrogens (tertiary/aromatic N) is 2. The van der Waals surface area contributed by atoms with E-state index >= 15 is 0 Å². The number of rotatable bonds is 3. The third-order valence-electron chi connectivity index (χ3n) is 3.43. The van der Waals surface area contributed by atoms with Gasteiger partial charge in [-0.1, -0.05) is 6.07 Å². The molecule has 22 heavy (non-hydrogen) atoms. The second-order valence-electron chi connectivity index (χ2n) is 6.58. The number of aromatic nitrogens is 1. The third kappa shape index (κ3) is 5.09. The van der Waals surface area contributed by atoms with E-state index in [1.54, 1.807) is 17.3 Å². The maximum absolute atomic E-state index is 12.5. The van der Waals surface area contributed by atoms with Crippen LogP contribution in [-0.4, -0.2) is 44.1 Å². The highest BCUT2D eigenvalue weighted by atomic mass is 32.2. The highest BCUT2D eigenvalue weighted by Gasteiger charge is 2.30. The van der Waals surface area contributed by atoms with Gasteiger partial charge in [-0.3, -0.25) is 9.19 Å². The average molecular weight is 324 g/mol. The Kier molecular flexibility index (Phi) is 5.56. The molecule has 2 rings (SSSR count). The second-order valence-corrected chi connectivity index (χ2v) is 8.29. The second kappa shape index (κ2) is 7.22. The van der Waals surface area contributed by atoms with Gasteiger partial charge in [-0.15, -0.1) is 0 Å². The van der Waals surface area contributed by atoms with E-state index in [9.17, 15) is 9.00 Å². The third-order valence-corrected chi connectivity index (χ3v) is 5.18. The lowest BCUT2D eigenvalue weighted by Gasteiger charge is -2.33. The molecule has 1 aromatic heterocycles. The van der Waals surface area contributed by atoms with Crippen molar-refractivity contribution in [2.24, 2.45) is 0 Å². The normalized spacial score (nSPS) is 20.5. The molecule has 2 atom stereocenters. The summed E-state index contributed by atoms with van der Waals surface area (Å²) >= 11 is 0. The van der Waals surface area contributed by atoms with Gasteiger partial charge in [0.05, 0.1) is 11.0 Å². The Bertz CT molecular complexity index is 528. The Labute approximate surface area is 134 Å². The van der Waals surface area contributed by atoms with Crippen LogP contribution < -0.4 is 0 Å². The molecule has 1 fully saturated rings. The van der Waals surface area contributed by atoms with Crippen LogP contribution in [0.1, 0.15) is 39.2 Å². The van der Waals surface area contributed by atoms with Crippen LogP contribution in [0.15, 0.2) is 24.5 Å². The van der Waals surface area contributed by atoms with Crippen LogP contribution in [0.25, 0.3) is 0 Å². The van der Waals surface area contributed by atoms with Gasteiger partial charge in [0.25, 0.3) is 0 Å². The average Bonchev–Trinajstić information content (AvgIpc) is 2.46. The molecule has 0 N–H and O–H groups in total. The summed E-state index contributed by atoms with van der Waals surface area (Å²) in [5.41, 5.74) is 0.467. The lowest BCUT2D eigenvalue weighted by atomic mass is 10.1. The number of pyridine rings is 1. The largest absolute Gasteiger partial charge is 0.444 e. The minimum absolute atomic E-state index is 0.00137. The van der Waals surface area contributed by atoms with E-state index < -0.39 is 16.4 Å². The number of likely N-dealkylation sites (tertiary alicyclic amines) is 1. The van der Waals surface area contributed by atoms with Gasteiger partial charge in [0.2, 0.25) is 0 Å². The molecule has 0 spiro atoms. The van der Waals surface area contributed by atoms with E-state index in [-0.39, 0.29) is 11.3 Å². The van der Waals surface area contributed by atoms with Crippen LogP contribution in [0, 0.1) is 0 Å². The molecule has 6 heteroatoms. The molecule has 5 nitrogen and oxygen atoms in total. The van der Waals surface area contributed by atoms with E-state index in [1.165, 1.54) is 0 Å². The Morgan fingerprint density at radius 2 is 2.27 bits per heavy atom. The van der Waals surface area contributed by atoms with Gasteiger partial charge < -0.3 is 9.64 Å². The lowest BCUT2D eigenvalue weighted by molar-refractivity contribution is 0.0219. The summed E-state index contributed by atoms with van der Waals surface area (Å²) < 4.78 is 17.9. The smallest absolute Gasteiger partial charge is 0.410 e. The van der Waals surface area contributed by atoms with Gasteiger partial charge >= 0.3 is 6.09 Å². The van der Waals surface area contributed by atoms with Crippen LogP contribution in [0.2, 0.25) is 0 Å². The molecule has 0 radical (unpaired) electrons. The molecule has 0 aliphatic carbocycles. The maximum Gasteiger partial charge on any atom is 0.410 e. The minimum Gasteiger partial charge on any atom is -0.444 e. The molecule has 0 aromatic carbocycles. The molecule has 0 bridgehead atoms. The van der Waals surface area contributed by atoms with E-state index in [2.05, 4.69) is 4.98 Å². The summed E-state index contributed by atoms with van der Waals surface area (Å²) in [7, 11) is -1.01. The van der Waals surface area contributed by atoms with Crippen LogP contribution in [0.5, 0.6) is 0 Å². The Morgan fingerprint density at radius 1 is 1.50 bits per heavy atom. The molecule has 1 aliphatic heterocycles. The molecule has 1 aliphatic rings. The van der Waals surface area contributed by atoms with E-state index in [1.807, 2.05) is 32.9 Å². The maximum atomic E-state index is 12.5. The zero-order valence-corrected chi connectivity index (χ0v) is 14.3. The Balaban J connectivity index is 1.92. The van der Waals surface area contributed by atoms with Crippen molar-refractivity contribution in [3.63, 3.8) is 0 Å². The van der Waals surface area contributed by atoms with Gasteiger partial charge in [0.15, 0.2) is 0 Å². The number of amides is 1. The van der Waals surface area contributed by atoms with E-state index in [0.717, 1.165) is 18.4 Å². The Morgan fingerprint density at radius 3 is 2.91 bits per heavy atom. The van der Waals surface area contributed by atoms with Crippen molar-refractivity contribution in [2.45, 2.75) is 50.2 Å². The fourth-order valence-electron chi connectivity index (χ4n) is 2.41. The summed E-state index contributed by atoms with van der Waals surface area (Å²) in [4.78, 5) is 17.9. The van der Waals surface area contributed by atoms with Crippen molar-refractivity contribution in [3.05, 3.63) is 30.1 Å². The predicted molar refractivity (Wildman–Crippen MR) is 86.9 cm³/mol. The molecular weight excluding hydrogens is 300 g/mol. The SMILES string of the molecule is CC(C)(C)OC(=O)N1CCC[C@H]([S@](=O)Cc2cccnc2)C1. The quantitative estimate of drug-likeness (QED) is 0.858. The number of carbonyl (C=O) groups is 1. The fraction of sp³-hybridized carbons (Fsp3) is 0.625. The van der Waals surface area contributed by atoms with Crippen molar-refractivity contribution >= 4 is 16.9 Å². The van der Waals surface area contributed by atoms with Crippen molar-refractivity contribution < 1.29 is 13.7 Å². The molecule has 0 unspecified atom stereocenters. The monoisotopic (exact) mass is 324 g/mol. The molecular formula is C16H24N2O3S. The number of carbonyl (C=O) groups excluding carboxylic acids is 1. The highest BCUT2D eigenvalue weighted by molar-refractivity contribution is 7.84. The first-order valence-electron chi connectivity index (χ1n) is 7.59. The lowest BCUT2D eigenvalue weighted by Crippen LogP contribution is -2.46. The van der Waals surface area contributed by atoms with Gasteiger partial charge in [0, 0.05) is 36.3 Å². The Hall–Kier alpha value is -1.43. The van der Waals surface area contributed by atoms with E-state index in [4.69, 9.17) is 4.74 Å². The summed E-state index contributed by atoms with van der Waals surface area (Å²) in [5, 5.41) is 0.00137. The first-order valence-corrected chi connectivity index (χ1v) is 8.97. The summed E-state index contributed by atoms with van der Waals surface area (Å²) in [6.45, 7) is 6.74. The van der Waals surface area contributed by atoms with Crippen LogP contribution in [0.3, 0.4) is 0 Å². The van der Waals surface area contributed by atoms with Crippen LogP contribution >= 0.6 is 0 Å². The molecule has 1 aromatic rings. The molecule has 122 valence electrons. The fourth-order valence-corrected chi connectivity index (χ4v) is 3.92. The van der Waals surface area contributed by atoms with E-state index in [0.29, 0.717) is 18.8 Å². The number of hydrogen-bond donors (Lipinski definition) is 0. The van der Waals surface area contributed by atoms with Crippen molar-refractivity contribution in [2.75, 3.05) is 13.1 Å². The number of piperidine rings is 1. The number of hydrogen-bond acceptors (Lipinski definition) is 4. The van der Waals surface area contributed by atoms with Gasteiger partial charge in [-0.05, 0) is 45.2 Å². The molecule has 0 saturated carbocycles. The van der Waals surface area contributed by atoms with Crippen molar-refractivity contribution in [1.29, 1.82) is 0 Å². The highest BCUT2D eigenvalue weighted by Crippen LogP contribution is 2.20. The zero-order valence-electron chi connectivity index (χ0n) is 13.4. The first kappa shape index (κ1) is 16.9. The van der Waals surface area contributed by atoms with Crippen LogP contribution in [-0.2, 0) is 21.3 Å². The first-order chi connectivity index (χ1) is 10.3. The minimum atomic E-state index is -1.01. The molecule has 1 saturated heterocycles. The van der Waals surface area contributed by atoms with Gasteiger partial charge in [-0.25, -0.2) is 4.79 Å². The van der Waals surface area contributed by atoms with Crippen molar-refractivity contribution in [1.82, 2.24) is 9.88 Å². The van der Waals surface area contributed by atoms with Crippen molar-refractivity contribution in [3.8, 4) is 0 Å². The van der Waals surface area contributed by atoms with Gasteiger partial charge in [0.1, 0.15) is 5.60 Å². The van der Waals surface area contributed by atoms with Gasteiger partial charge in [-0.2, -0.15) is 0 Å². The predicted octanol–water partition coefficient (Wildman–Crippen LogP) is 2.73. The molecule has 1 amide bonds. The summed E-state index contributed by atoms with van der Waals surface area (Å²) in [5.74, 6) is 0.487. The van der Waals surface area contributed by atoms with Crippen LogP contribution in [0.4, 0.5) is 4.79 Å². The zero-order chi connectivity index (χ0) is 16.2. The molecule has 2 heterocycles. The summed E-state index contributed by atoms with van der Waals surface area (Å²) in [6.07, 6.45) is 4.88. The standard InChI is InChI=1S/C16H24N2O3S/c1-16(2,3)21-15(19)18-9-5-7-14(11-18)22(20)12-13-6-4-8-17-10-13/h4,6,8,10,14H,5,7,9,11-12H2,1-3H3/t14-,22+/m0/s1. The number of ether oxygens (including phenoxy) is 1. The topological polar surface area (TPSA) is 59.5 Å².